The number of carboxylic acid groups (broad SMARTS) is 1. The van der Waals surface area contributed by atoms with Crippen molar-refractivity contribution in [2.75, 3.05) is 11.4 Å². The topological polar surface area (TPSA) is 66.8 Å². The van der Waals surface area contributed by atoms with Crippen molar-refractivity contribution in [3.8, 4) is 5.75 Å². The highest BCUT2D eigenvalue weighted by Crippen LogP contribution is 2.40. The molecule has 1 amide bonds. The summed E-state index contributed by atoms with van der Waals surface area (Å²) in [5, 5.41) is 8.91. The number of carboxylic acids is 1. The number of benzene rings is 1. The largest absolute Gasteiger partial charge is 0.478 e. The summed E-state index contributed by atoms with van der Waals surface area (Å²) in [7, 11) is 0. The van der Waals surface area contributed by atoms with Gasteiger partial charge in [0.25, 0.3) is 0 Å². The highest BCUT2D eigenvalue weighted by Gasteiger charge is 2.43. The van der Waals surface area contributed by atoms with Gasteiger partial charge in [0.15, 0.2) is 5.75 Å². The van der Waals surface area contributed by atoms with E-state index >= 15 is 0 Å². The summed E-state index contributed by atoms with van der Waals surface area (Å²) in [6.07, 6.45) is -3.61. The lowest BCUT2D eigenvalue weighted by Gasteiger charge is -2.34. The van der Waals surface area contributed by atoms with E-state index in [0.717, 1.165) is 17.9 Å². The zero-order chi connectivity index (χ0) is 13.5. The number of hydrogen-bond donors (Lipinski definition) is 1. The van der Waals surface area contributed by atoms with Crippen molar-refractivity contribution in [2.45, 2.75) is 13.0 Å². The minimum Gasteiger partial charge on any atom is -0.478 e. The summed E-state index contributed by atoms with van der Waals surface area (Å²) in [5.41, 5.74) is -0.369. The molecule has 0 unspecified atom stereocenters. The number of carbonyl (C=O) groups excluding carboxylic acids is 1. The van der Waals surface area contributed by atoms with Crippen LogP contribution in [0.5, 0.6) is 5.75 Å². The summed E-state index contributed by atoms with van der Waals surface area (Å²) >= 11 is 0. The third kappa shape index (κ3) is 1.99. The highest BCUT2D eigenvalue weighted by molar-refractivity contribution is 5.99. The van der Waals surface area contributed by atoms with Gasteiger partial charge in [-0.1, -0.05) is 6.07 Å². The average Bonchev–Trinajstić information content (AvgIpc) is 2.25. The van der Waals surface area contributed by atoms with Gasteiger partial charge in [0.05, 0.1) is 5.69 Å². The third-order valence-corrected chi connectivity index (χ3v) is 2.49. The fourth-order valence-corrected chi connectivity index (χ4v) is 1.74. The number of aromatic carboxylic acids is 1. The first-order chi connectivity index (χ1) is 8.32. The standard InChI is InChI=1S/C11H9F2NO4/c1-6(15)14-5-11(12,13)18-9-7(10(16)17)3-2-4-8(9)14/h2-4H,5H2,1H3,(H,16,17). The predicted octanol–water partition coefficient (Wildman–Crippen LogP) is 1.72. The zero-order valence-electron chi connectivity index (χ0n) is 9.31. The smallest absolute Gasteiger partial charge is 0.416 e. The first-order valence-corrected chi connectivity index (χ1v) is 5.03. The number of nitrogens with zero attached hydrogens (tertiary/aromatic N) is 1. The van der Waals surface area contributed by atoms with Crippen LogP contribution in [0.3, 0.4) is 0 Å². The summed E-state index contributed by atoms with van der Waals surface area (Å²) in [5.74, 6) is -2.49. The van der Waals surface area contributed by atoms with Crippen LogP contribution in [0.15, 0.2) is 18.2 Å². The van der Waals surface area contributed by atoms with E-state index in [1.807, 2.05) is 0 Å². The Kier molecular flexibility index (Phi) is 2.68. The molecule has 1 aliphatic rings. The minimum atomic E-state index is -3.61. The summed E-state index contributed by atoms with van der Waals surface area (Å²) in [4.78, 5) is 23.0. The molecule has 1 aromatic rings. The molecule has 0 saturated heterocycles. The molecule has 0 radical (unpaired) electrons. The Balaban J connectivity index is 2.62. The van der Waals surface area contributed by atoms with Crippen molar-refractivity contribution in [2.24, 2.45) is 0 Å². The van der Waals surface area contributed by atoms with Crippen molar-refractivity contribution < 1.29 is 28.2 Å². The Bertz CT molecular complexity index is 530. The van der Waals surface area contributed by atoms with Crippen molar-refractivity contribution in [1.29, 1.82) is 0 Å². The van der Waals surface area contributed by atoms with Gasteiger partial charge in [-0.15, -0.1) is 0 Å². The van der Waals surface area contributed by atoms with Gasteiger partial charge in [-0.3, -0.25) is 9.69 Å². The lowest BCUT2D eigenvalue weighted by Crippen LogP contribution is -2.47. The van der Waals surface area contributed by atoms with E-state index in [2.05, 4.69) is 4.74 Å². The van der Waals surface area contributed by atoms with Crippen LogP contribution in [-0.2, 0) is 4.79 Å². The van der Waals surface area contributed by atoms with Crippen molar-refractivity contribution >= 4 is 17.6 Å². The van der Waals surface area contributed by atoms with Gasteiger partial charge in [0, 0.05) is 6.92 Å². The zero-order valence-corrected chi connectivity index (χ0v) is 9.31. The van der Waals surface area contributed by atoms with Gasteiger partial charge in [-0.25, -0.2) is 4.79 Å². The molecular weight excluding hydrogens is 248 g/mol. The van der Waals surface area contributed by atoms with Crippen LogP contribution in [0, 0.1) is 0 Å². The molecule has 0 atom stereocenters. The first kappa shape index (κ1) is 12.3. The lowest BCUT2D eigenvalue weighted by atomic mass is 10.1. The first-order valence-electron chi connectivity index (χ1n) is 5.03. The fourth-order valence-electron chi connectivity index (χ4n) is 1.74. The average molecular weight is 257 g/mol. The third-order valence-electron chi connectivity index (χ3n) is 2.49. The highest BCUT2D eigenvalue weighted by atomic mass is 19.3. The number of alkyl halides is 2. The molecule has 0 saturated carbocycles. The van der Waals surface area contributed by atoms with Gasteiger partial charge < -0.3 is 9.84 Å². The Morgan fingerprint density at radius 3 is 2.67 bits per heavy atom. The molecule has 0 bridgehead atoms. The molecule has 1 aromatic carbocycles. The number of halogens is 2. The normalized spacial score (nSPS) is 16.7. The van der Waals surface area contributed by atoms with Crippen LogP contribution in [0.25, 0.3) is 0 Å². The second kappa shape index (κ2) is 3.94. The van der Waals surface area contributed by atoms with E-state index in [4.69, 9.17) is 5.11 Å². The molecule has 1 aliphatic heterocycles. The number of carbonyl (C=O) groups is 2. The van der Waals surface area contributed by atoms with Gasteiger partial charge in [0.2, 0.25) is 5.91 Å². The Morgan fingerprint density at radius 1 is 1.44 bits per heavy atom. The second-order valence-electron chi connectivity index (χ2n) is 3.80. The van der Waals surface area contributed by atoms with Crippen LogP contribution in [0.1, 0.15) is 17.3 Å². The molecule has 5 nitrogen and oxygen atoms in total. The molecule has 1 heterocycles. The minimum absolute atomic E-state index is 0.0355. The summed E-state index contributed by atoms with van der Waals surface area (Å²) in [6, 6.07) is 3.87. The Morgan fingerprint density at radius 2 is 2.11 bits per heavy atom. The SMILES string of the molecule is CC(=O)N1CC(F)(F)Oc2c(C(=O)O)cccc21. The molecule has 0 aliphatic carbocycles. The molecule has 0 fully saturated rings. The van der Waals surface area contributed by atoms with Gasteiger partial charge in [-0.05, 0) is 12.1 Å². The van der Waals surface area contributed by atoms with Crippen LogP contribution in [0.4, 0.5) is 14.5 Å². The molecule has 0 aromatic heterocycles. The number of anilines is 1. The maximum absolute atomic E-state index is 13.3. The molecule has 0 spiro atoms. The van der Waals surface area contributed by atoms with Gasteiger partial charge in [-0.2, -0.15) is 8.78 Å². The summed E-state index contributed by atoms with van der Waals surface area (Å²) < 4.78 is 31.0. The van der Waals surface area contributed by atoms with Gasteiger partial charge >= 0.3 is 12.1 Å². The maximum atomic E-state index is 13.3. The number of rotatable bonds is 1. The number of amides is 1. The van der Waals surface area contributed by atoms with E-state index in [9.17, 15) is 18.4 Å². The van der Waals surface area contributed by atoms with Crippen molar-refractivity contribution in [3.05, 3.63) is 23.8 Å². The fraction of sp³-hybridized carbons (Fsp3) is 0.273. The number of fused-ring (bicyclic) bond motifs is 1. The molecule has 96 valence electrons. The van der Waals surface area contributed by atoms with Crippen LogP contribution in [0.2, 0.25) is 0 Å². The van der Waals surface area contributed by atoms with E-state index in [1.165, 1.54) is 12.1 Å². The van der Waals surface area contributed by atoms with E-state index in [-0.39, 0.29) is 5.69 Å². The van der Waals surface area contributed by atoms with Crippen LogP contribution < -0.4 is 9.64 Å². The molecule has 1 N–H and O–H groups in total. The van der Waals surface area contributed by atoms with Gasteiger partial charge in [0.1, 0.15) is 12.1 Å². The monoisotopic (exact) mass is 257 g/mol. The molecule has 7 heteroatoms. The lowest BCUT2D eigenvalue weighted by molar-refractivity contribution is -0.174. The maximum Gasteiger partial charge on any atom is 0.416 e. The number of ether oxygens (including phenoxy) is 1. The van der Waals surface area contributed by atoms with Crippen molar-refractivity contribution in [3.63, 3.8) is 0 Å². The van der Waals surface area contributed by atoms with Crippen LogP contribution >= 0.6 is 0 Å². The van der Waals surface area contributed by atoms with E-state index in [0.29, 0.717) is 0 Å². The molecule has 18 heavy (non-hydrogen) atoms. The predicted molar refractivity (Wildman–Crippen MR) is 57.0 cm³/mol. The molecule has 2 rings (SSSR count). The quantitative estimate of drug-likeness (QED) is 0.831. The summed E-state index contributed by atoms with van der Waals surface area (Å²) in [6.45, 7) is 0.191. The van der Waals surface area contributed by atoms with Crippen LogP contribution in [-0.4, -0.2) is 29.6 Å². The van der Waals surface area contributed by atoms with E-state index in [1.54, 1.807) is 0 Å². The Hall–Kier alpha value is -2.18. The van der Waals surface area contributed by atoms with E-state index < -0.39 is 35.8 Å². The van der Waals surface area contributed by atoms with Crippen molar-refractivity contribution in [1.82, 2.24) is 0 Å². The second-order valence-corrected chi connectivity index (χ2v) is 3.80. The number of hydrogen-bond acceptors (Lipinski definition) is 3. The molecular formula is C11H9F2NO4. The number of para-hydroxylation sites is 1. The Labute approximate surface area is 101 Å².